The lowest BCUT2D eigenvalue weighted by Crippen LogP contribution is -2.48. The van der Waals surface area contributed by atoms with Crippen LogP contribution in [0.3, 0.4) is 0 Å². The quantitative estimate of drug-likeness (QED) is 0.662. The van der Waals surface area contributed by atoms with E-state index in [1.807, 2.05) is 0 Å². The maximum absolute atomic E-state index is 12.3. The Morgan fingerprint density at radius 1 is 1.48 bits per heavy atom. The van der Waals surface area contributed by atoms with Crippen LogP contribution in [0.4, 0.5) is 5.69 Å². The summed E-state index contributed by atoms with van der Waals surface area (Å²) in [6.45, 7) is 0.281. The predicted molar refractivity (Wildman–Crippen MR) is 71.4 cm³/mol. The summed E-state index contributed by atoms with van der Waals surface area (Å²) in [6.07, 6.45) is -1.07. The van der Waals surface area contributed by atoms with E-state index in [9.17, 15) is 19.7 Å². The molecule has 1 N–H and O–H groups in total. The van der Waals surface area contributed by atoms with E-state index in [-0.39, 0.29) is 36.0 Å². The minimum Gasteiger partial charge on any atom is -0.479 e. The average molecular weight is 315 g/mol. The molecule has 1 fully saturated rings. The van der Waals surface area contributed by atoms with E-state index in [2.05, 4.69) is 0 Å². The van der Waals surface area contributed by atoms with Crippen molar-refractivity contribution in [1.82, 2.24) is 4.90 Å². The molecule has 112 valence electrons. The molecule has 1 unspecified atom stereocenters. The molecule has 0 spiro atoms. The molecule has 21 heavy (non-hydrogen) atoms. The van der Waals surface area contributed by atoms with Gasteiger partial charge in [-0.25, -0.2) is 4.79 Å². The molecule has 1 aromatic rings. The van der Waals surface area contributed by atoms with Gasteiger partial charge in [-0.2, -0.15) is 0 Å². The number of morpholine rings is 1. The SMILES string of the molecule is O=C(O)C1CN(C(=O)c2ccc([N+](=O)[O-])c(Cl)c2)CCO1. The highest BCUT2D eigenvalue weighted by Crippen LogP contribution is 2.25. The van der Waals surface area contributed by atoms with E-state index >= 15 is 0 Å². The zero-order valence-corrected chi connectivity index (χ0v) is 11.4. The number of carboxylic acids is 1. The van der Waals surface area contributed by atoms with Gasteiger partial charge in [0.05, 0.1) is 18.1 Å². The third-order valence-corrected chi connectivity index (χ3v) is 3.32. The summed E-state index contributed by atoms with van der Waals surface area (Å²) in [4.78, 5) is 34.5. The molecule has 1 aliphatic rings. The van der Waals surface area contributed by atoms with Crippen LogP contribution in [-0.4, -0.2) is 52.6 Å². The molecule has 0 bridgehead atoms. The van der Waals surface area contributed by atoms with Gasteiger partial charge < -0.3 is 14.7 Å². The third kappa shape index (κ3) is 3.29. The van der Waals surface area contributed by atoms with Gasteiger partial charge in [-0.3, -0.25) is 14.9 Å². The van der Waals surface area contributed by atoms with Crippen molar-refractivity contribution in [3.05, 3.63) is 38.9 Å². The Balaban J connectivity index is 2.18. The van der Waals surface area contributed by atoms with Crippen LogP contribution < -0.4 is 0 Å². The maximum atomic E-state index is 12.3. The molecule has 0 aliphatic carbocycles. The zero-order chi connectivity index (χ0) is 15.6. The number of nitro groups is 1. The number of halogens is 1. The average Bonchev–Trinajstić information content (AvgIpc) is 2.46. The Morgan fingerprint density at radius 2 is 2.19 bits per heavy atom. The molecular weight excluding hydrogens is 304 g/mol. The Labute approximate surface area is 124 Å². The first kappa shape index (κ1) is 15.2. The number of carbonyl (C=O) groups excluding carboxylic acids is 1. The predicted octanol–water partition coefficient (Wildman–Crippen LogP) is 1.17. The molecule has 1 aromatic carbocycles. The van der Waals surface area contributed by atoms with Crippen LogP contribution in [0.1, 0.15) is 10.4 Å². The number of rotatable bonds is 3. The molecule has 1 heterocycles. The second-order valence-corrected chi connectivity index (χ2v) is 4.78. The molecular formula is C12H11ClN2O6. The molecule has 1 saturated heterocycles. The lowest BCUT2D eigenvalue weighted by molar-refractivity contribution is -0.384. The summed E-state index contributed by atoms with van der Waals surface area (Å²) in [5.41, 5.74) is -0.129. The third-order valence-electron chi connectivity index (χ3n) is 3.02. The Bertz CT molecular complexity index is 605. The lowest BCUT2D eigenvalue weighted by Gasteiger charge is -2.30. The van der Waals surface area contributed by atoms with Gasteiger partial charge in [-0.15, -0.1) is 0 Å². The van der Waals surface area contributed by atoms with Crippen molar-refractivity contribution < 1.29 is 24.4 Å². The van der Waals surface area contributed by atoms with Crippen molar-refractivity contribution in [2.45, 2.75) is 6.10 Å². The molecule has 0 aromatic heterocycles. The Kier molecular flexibility index (Phi) is 4.39. The number of benzene rings is 1. The summed E-state index contributed by atoms with van der Waals surface area (Å²) in [5.74, 6) is -1.59. The van der Waals surface area contributed by atoms with Crippen molar-refractivity contribution >= 4 is 29.2 Å². The summed E-state index contributed by atoms with van der Waals surface area (Å²) in [6, 6.07) is 3.63. The van der Waals surface area contributed by atoms with E-state index in [0.29, 0.717) is 0 Å². The van der Waals surface area contributed by atoms with Gasteiger partial charge in [0, 0.05) is 18.2 Å². The number of carbonyl (C=O) groups is 2. The van der Waals surface area contributed by atoms with E-state index in [1.54, 1.807) is 0 Å². The fraction of sp³-hybridized carbons (Fsp3) is 0.333. The number of ether oxygens (including phenoxy) is 1. The minimum atomic E-state index is -1.14. The van der Waals surface area contributed by atoms with Crippen LogP contribution in [0.2, 0.25) is 5.02 Å². The van der Waals surface area contributed by atoms with Gasteiger partial charge in [0.25, 0.3) is 11.6 Å². The van der Waals surface area contributed by atoms with Gasteiger partial charge in [0.2, 0.25) is 0 Å². The summed E-state index contributed by atoms with van der Waals surface area (Å²) >= 11 is 5.76. The van der Waals surface area contributed by atoms with Crippen LogP contribution in [0.15, 0.2) is 18.2 Å². The lowest BCUT2D eigenvalue weighted by atomic mass is 10.1. The highest BCUT2D eigenvalue weighted by Gasteiger charge is 2.30. The van der Waals surface area contributed by atoms with Crippen molar-refractivity contribution in [2.75, 3.05) is 19.7 Å². The minimum absolute atomic E-state index is 0.0806. The van der Waals surface area contributed by atoms with Crippen LogP contribution in [0, 0.1) is 10.1 Å². The van der Waals surface area contributed by atoms with Gasteiger partial charge >= 0.3 is 5.97 Å². The normalized spacial score (nSPS) is 18.3. The molecule has 0 radical (unpaired) electrons. The van der Waals surface area contributed by atoms with Crippen LogP contribution >= 0.6 is 11.6 Å². The Hall–Kier alpha value is -2.19. The van der Waals surface area contributed by atoms with Crippen molar-refractivity contribution in [1.29, 1.82) is 0 Å². The van der Waals surface area contributed by atoms with E-state index in [1.165, 1.54) is 17.0 Å². The number of nitrogens with zero attached hydrogens (tertiary/aromatic N) is 2. The second kappa shape index (κ2) is 6.06. The molecule has 1 atom stereocenters. The van der Waals surface area contributed by atoms with E-state index < -0.39 is 22.9 Å². The van der Waals surface area contributed by atoms with E-state index in [4.69, 9.17) is 21.4 Å². The Morgan fingerprint density at radius 3 is 2.76 bits per heavy atom. The van der Waals surface area contributed by atoms with E-state index in [0.717, 1.165) is 6.07 Å². The first-order chi connectivity index (χ1) is 9.90. The number of carboxylic acid groups (broad SMARTS) is 1. The van der Waals surface area contributed by atoms with Gasteiger partial charge in [-0.1, -0.05) is 11.6 Å². The zero-order valence-electron chi connectivity index (χ0n) is 10.7. The van der Waals surface area contributed by atoms with Gasteiger partial charge in [0.15, 0.2) is 6.10 Å². The van der Waals surface area contributed by atoms with Crippen molar-refractivity contribution in [3.8, 4) is 0 Å². The second-order valence-electron chi connectivity index (χ2n) is 4.37. The molecule has 9 heteroatoms. The van der Waals surface area contributed by atoms with Gasteiger partial charge in [0.1, 0.15) is 5.02 Å². The largest absolute Gasteiger partial charge is 0.479 e. The fourth-order valence-corrected chi connectivity index (χ4v) is 2.20. The highest BCUT2D eigenvalue weighted by atomic mass is 35.5. The molecule has 8 nitrogen and oxygen atoms in total. The summed E-state index contributed by atoms with van der Waals surface area (Å²) in [5, 5.41) is 19.4. The summed E-state index contributed by atoms with van der Waals surface area (Å²) < 4.78 is 5.02. The molecule has 2 rings (SSSR count). The number of aliphatic carboxylic acids is 1. The monoisotopic (exact) mass is 314 g/mol. The van der Waals surface area contributed by atoms with Crippen LogP contribution in [0.5, 0.6) is 0 Å². The van der Waals surface area contributed by atoms with Gasteiger partial charge in [-0.05, 0) is 12.1 Å². The van der Waals surface area contributed by atoms with Crippen molar-refractivity contribution in [2.24, 2.45) is 0 Å². The van der Waals surface area contributed by atoms with Crippen LogP contribution in [-0.2, 0) is 9.53 Å². The summed E-state index contributed by atoms with van der Waals surface area (Å²) in [7, 11) is 0. The van der Waals surface area contributed by atoms with Crippen LogP contribution in [0.25, 0.3) is 0 Å². The fourth-order valence-electron chi connectivity index (χ4n) is 1.95. The standard InChI is InChI=1S/C12H11ClN2O6/c13-8-5-7(1-2-9(8)15(19)20)11(16)14-3-4-21-10(6-14)12(17)18/h1-2,5,10H,3-4,6H2,(H,17,18). The topological polar surface area (TPSA) is 110 Å². The molecule has 0 saturated carbocycles. The number of amides is 1. The van der Waals surface area contributed by atoms with Crippen molar-refractivity contribution in [3.63, 3.8) is 0 Å². The number of hydrogen-bond donors (Lipinski definition) is 1. The molecule has 1 aliphatic heterocycles. The number of hydrogen-bond acceptors (Lipinski definition) is 5. The smallest absolute Gasteiger partial charge is 0.334 e. The first-order valence-electron chi connectivity index (χ1n) is 5.97. The maximum Gasteiger partial charge on any atom is 0.334 e. The first-order valence-corrected chi connectivity index (χ1v) is 6.35. The number of nitro benzene ring substituents is 1. The highest BCUT2D eigenvalue weighted by molar-refractivity contribution is 6.33. The molecule has 1 amide bonds.